The zero-order valence-electron chi connectivity index (χ0n) is 9.47. The van der Waals surface area contributed by atoms with Crippen LogP contribution in [0.5, 0.6) is 0 Å². The first-order valence-electron chi connectivity index (χ1n) is 5.49. The number of hydrogen-bond donors (Lipinski definition) is 1. The summed E-state index contributed by atoms with van der Waals surface area (Å²) in [6, 6.07) is 12.4. The number of aromatic nitrogens is 2. The molecule has 0 atom stereocenters. The summed E-state index contributed by atoms with van der Waals surface area (Å²) in [6.07, 6.45) is 0. The Balaban J connectivity index is 2.20. The van der Waals surface area contributed by atoms with E-state index in [-0.39, 0.29) is 0 Å². The van der Waals surface area contributed by atoms with Crippen molar-refractivity contribution in [2.75, 3.05) is 0 Å². The summed E-state index contributed by atoms with van der Waals surface area (Å²) in [5, 5.41) is 11.7. The van der Waals surface area contributed by atoms with Gasteiger partial charge in [-0.1, -0.05) is 30.3 Å². The monoisotopic (exact) mass is 240 g/mol. The summed E-state index contributed by atoms with van der Waals surface area (Å²) < 4.78 is 0. The maximum absolute atomic E-state index is 4.33. The van der Waals surface area contributed by atoms with E-state index in [2.05, 4.69) is 39.2 Å². The fourth-order valence-corrected chi connectivity index (χ4v) is 2.65. The lowest BCUT2D eigenvalue weighted by atomic mass is 10.0. The van der Waals surface area contributed by atoms with Crippen molar-refractivity contribution < 1.29 is 0 Å². The average molecular weight is 240 g/mol. The summed E-state index contributed by atoms with van der Waals surface area (Å²) in [6.45, 7) is 2.04. The summed E-state index contributed by atoms with van der Waals surface area (Å²) in [5.41, 5.74) is 5.76. The van der Waals surface area contributed by atoms with Gasteiger partial charge in [-0.15, -0.1) is 0 Å². The number of nitrogens with one attached hydrogen (secondary N) is 1. The minimum absolute atomic E-state index is 1.04. The van der Waals surface area contributed by atoms with E-state index in [0.717, 1.165) is 11.4 Å². The highest BCUT2D eigenvalue weighted by atomic mass is 32.1. The molecule has 2 nitrogen and oxygen atoms in total. The topological polar surface area (TPSA) is 28.7 Å². The van der Waals surface area contributed by atoms with Crippen molar-refractivity contribution in [2.24, 2.45) is 0 Å². The van der Waals surface area contributed by atoms with Crippen molar-refractivity contribution in [3.63, 3.8) is 0 Å². The van der Waals surface area contributed by atoms with E-state index in [1.165, 1.54) is 16.7 Å². The molecule has 2 heterocycles. The molecule has 0 saturated carbocycles. The van der Waals surface area contributed by atoms with Crippen LogP contribution in [0.1, 0.15) is 5.69 Å². The van der Waals surface area contributed by atoms with Gasteiger partial charge in [-0.05, 0) is 29.3 Å². The zero-order chi connectivity index (χ0) is 11.7. The molecule has 3 heteroatoms. The largest absolute Gasteiger partial charge is 0.277 e. The molecule has 0 unspecified atom stereocenters. The molecule has 0 amide bonds. The standard InChI is InChI=1S/C14H12N2S/c1-10-13(12-7-8-17-9-12)14(16-15-10)11-5-3-2-4-6-11/h2-9H,1H3,(H,15,16). The summed E-state index contributed by atoms with van der Waals surface area (Å²) >= 11 is 1.71. The molecule has 0 radical (unpaired) electrons. The van der Waals surface area contributed by atoms with Crippen LogP contribution in [-0.2, 0) is 0 Å². The van der Waals surface area contributed by atoms with Gasteiger partial charge in [0.2, 0.25) is 0 Å². The third-order valence-corrected chi connectivity index (χ3v) is 3.50. The van der Waals surface area contributed by atoms with Crippen LogP contribution in [0, 0.1) is 6.92 Å². The second-order valence-corrected chi connectivity index (χ2v) is 4.72. The molecular weight excluding hydrogens is 228 g/mol. The van der Waals surface area contributed by atoms with E-state index in [4.69, 9.17) is 0 Å². The van der Waals surface area contributed by atoms with E-state index in [9.17, 15) is 0 Å². The number of benzene rings is 1. The van der Waals surface area contributed by atoms with E-state index in [0.29, 0.717) is 0 Å². The molecular formula is C14H12N2S. The van der Waals surface area contributed by atoms with Gasteiger partial charge in [-0.2, -0.15) is 16.4 Å². The highest BCUT2D eigenvalue weighted by Gasteiger charge is 2.13. The smallest absolute Gasteiger partial charge is 0.0731 e. The van der Waals surface area contributed by atoms with Crippen molar-refractivity contribution in [1.29, 1.82) is 0 Å². The molecule has 0 aliphatic heterocycles. The maximum Gasteiger partial charge on any atom is 0.0731 e. The predicted octanol–water partition coefficient (Wildman–Crippen LogP) is 4.11. The third-order valence-electron chi connectivity index (χ3n) is 2.82. The van der Waals surface area contributed by atoms with E-state index >= 15 is 0 Å². The molecule has 0 spiro atoms. The molecule has 3 aromatic rings. The highest BCUT2D eigenvalue weighted by molar-refractivity contribution is 7.08. The molecule has 2 aromatic heterocycles. The number of H-pyrrole nitrogens is 1. The zero-order valence-corrected chi connectivity index (χ0v) is 10.3. The number of thiophene rings is 1. The van der Waals surface area contributed by atoms with Gasteiger partial charge in [0.1, 0.15) is 0 Å². The van der Waals surface area contributed by atoms with Crippen LogP contribution >= 0.6 is 11.3 Å². The van der Waals surface area contributed by atoms with Crippen molar-refractivity contribution in [3.05, 3.63) is 52.9 Å². The molecule has 1 N–H and O–H groups in total. The van der Waals surface area contributed by atoms with E-state index in [1.807, 2.05) is 25.1 Å². The van der Waals surface area contributed by atoms with Crippen LogP contribution in [0.2, 0.25) is 0 Å². The Morgan fingerprint density at radius 3 is 2.59 bits per heavy atom. The lowest BCUT2D eigenvalue weighted by Crippen LogP contribution is -1.81. The van der Waals surface area contributed by atoms with Crippen molar-refractivity contribution in [1.82, 2.24) is 10.2 Å². The van der Waals surface area contributed by atoms with Crippen molar-refractivity contribution >= 4 is 11.3 Å². The van der Waals surface area contributed by atoms with Gasteiger partial charge in [0.15, 0.2) is 0 Å². The molecule has 3 rings (SSSR count). The average Bonchev–Trinajstić information content (AvgIpc) is 2.99. The Hall–Kier alpha value is -1.87. The lowest BCUT2D eigenvalue weighted by molar-refractivity contribution is 1.05. The first kappa shape index (κ1) is 10.3. The summed E-state index contributed by atoms with van der Waals surface area (Å²) in [7, 11) is 0. The second kappa shape index (κ2) is 4.18. The first-order chi connectivity index (χ1) is 8.36. The van der Waals surface area contributed by atoms with Crippen LogP contribution in [0.15, 0.2) is 47.2 Å². The Labute approximate surface area is 104 Å². The van der Waals surface area contributed by atoms with Gasteiger partial charge in [0, 0.05) is 11.1 Å². The van der Waals surface area contributed by atoms with Gasteiger partial charge < -0.3 is 0 Å². The highest BCUT2D eigenvalue weighted by Crippen LogP contribution is 2.33. The predicted molar refractivity (Wildman–Crippen MR) is 72.1 cm³/mol. The van der Waals surface area contributed by atoms with E-state index < -0.39 is 0 Å². The fraction of sp³-hybridized carbons (Fsp3) is 0.0714. The minimum atomic E-state index is 1.04. The van der Waals surface area contributed by atoms with Crippen LogP contribution in [-0.4, -0.2) is 10.2 Å². The number of aromatic amines is 1. The number of rotatable bonds is 2. The quantitative estimate of drug-likeness (QED) is 0.717. The Morgan fingerprint density at radius 1 is 1.06 bits per heavy atom. The van der Waals surface area contributed by atoms with E-state index in [1.54, 1.807) is 11.3 Å². The molecule has 0 fully saturated rings. The minimum Gasteiger partial charge on any atom is -0.277 e. The molecule has 17 heavy (non-hydrogen) atoms. The first-order valence-corrected chi connectivity index (χ1v) is 6.43. The Kier molecular flexibility index (Phi) is 2.53. The van der Waals surface area contributed by atoms with Crippen LogP contribution in [0.4, 0.5) is 0 Å². The van der Waals surface area contributed by atoms with Crippen LogP contribution < -0.4 is 0 Å². The number of hydrogen-bond acceptors (Lipinski definition) is 2. The van der Waals surface area contributed by atoms with Gasteiger partial charge in [0.05, 0.1) is 11.4 Å². The number of aryl methyl sites for hydroxylation is 1. The van der Waals surface area contributed by atoms with Crippen LogP contribution in [0.25, 0.3) is 22.4 Å². The molecule has 1 aromatic carbocycles. The van der Waals surface area contributed by atoms with Crippen molar-refractivity contribution in [2.45, 2.75) is 6.92 Å². The fourth-order valence-electron chi connectivity index (χ4n) is 2.01. The SMILES string of the molecule is Cc1n[nH]c(-c2ccccc2)c1-c1ccsc1. The normalized spacial score (nSPS) is 10.6. The molecule has 0 bridgehead atoms. The van der Waals surface area contributed by atoms with Gasteiger partial charge in [0.25, 0.3) is 0 Å². The summed E-state index contributed by atoms with van der Waals surface area (Å²) in [5.74, 6) is 0. The Morgan fingerprint density at radius 2 is 1.88 bits per heavy atom. The number of nitrogens with zero attached hydrogens (tertiary/aromatic N) is 1. The van der Waals surface area contributed by atoms with Gasteiger partial charge in [-0.25, -0.2) is 0 Å². The van der Waals surface area contributed by atoms with Crippen LogP contribution in [0.3, 0.4) is 0 Å². The lowest BCUT2D eigenvalue weighted by Gasteiger charge is -2.02. The van der Waals surface area contributed by atoms with Crippen molar-refractivity contribution in [3.8, 4) is 22.4 Å². The second-order valence-electron chi connectivity index (χ2n) is 3.94. The Bertz CT molecular complexity index is 609. The molecule has 0 aliphatic rings. The summed E-state index contributed by atoms with van der Waals surface area (Å²) in [4.78, 5) is 0. The molecule has 84 valence electrons. The van der Waals surface area contributed by atoms with Gasteiger partial charge >= 0.3 is 0 Å². The molecule has 0 aliphatic carbocycles. The maximum atomic E-state index is 4.33. The van der Waals surface area contributed by atoms with Gasteiger partial charge in [-0.3, -0.25) is 5.10 Å². The third kappa shape index (κ3) is 1.78. The molecule has 0 saturated heterocycles.